The fourth-order valence-electron chi connectivity index (χ4n) is 4.96. The first-order valence-electron chi connectivity index (χ1n) is 11.5. The number of nitrogens with zero attached hydrogens (tertiary/aromatic N) is 2. The molecule has 4 rings (SSSR count). The van der Waals surface area contributed by atoms with Gasteiger partial charge in [-0.25, -0.2) is 0 Å². The van der Waals surface area contributed by atoms with Gasteiger partial charge in [-0.1, -0.05) is 18.2 Å². The van der Waals surface area contributed by atoms with Gasteiger partial charge in [0.2, 0.25) is 5.91 Å². The normalized spacial score (nSPS) is 24.8. The zero-order chi connectivity index (χ0) is 21.1. The molecular formula is C24H35N3O3. The molecule has 0 aromatic heterocycles. The summed E-state index contributed by atoms with van der Waals surface area (Å²) in [6.07, 6.45) is 5.26. The number of amides is 2. The largest absolute Gasteiger partial charge is 0.378 e. The van der Waals surface area contributed by atoms with E-state index < -0.39 is 0 Å². The molecule has 0 unspecified atom stereocenters. The first kappa shape index (κ1) is 21.3. The molecule has 164 valence electrons. The van der Waals surface area contributed by atoms with Gasteiger partial charge >= 0.3 is 0 Å². The number of carbonyl (C=O) groups is 2. The molecular weight excluding hydrogens is 378 g/mol. The van der Waals surface area contributed by atoms with E-state index in [1.54, 1.807) is 0 Å². The topological polar surface area (TPSA) is 61.9 Å². The molecule has 2 heterocycles. The average Bonchev–Trinajstić information content (AvgIpc) is 3.48. The predicted octanol–water partition coefficient (Wildman–Crippen LogP) is 2.53. The fraction of sp³-hybridized carbons (Fsp3) is 0.667. The van der Waals surface area contributed by atoms with Crippen LogP contribution in [0.2, 0.25) is 0 Å². The molecule has 1 aromatic carbocycles. The highest BCUT2D eigenvalue weighted by Gasteiger charge is 2.38. The summed E-state index contributed by atoms with van der Waals surface area (Å²) in [5.74, 6) is 1.04. The molecule has 2 aliphatic heterocycles. The van der Waals surface area contributed by atoms with E-state index in [9.17, 15) is 9.59 Å². The molecule has 6 nitrogen and oxygen atoms in total. The van der Waals surface area contributed by atoms with Gasteiger partial charge in [-0.3, -0.25) is 14.5 Å². The molecule has 1 aliphatic carbocycles. The Hall–Kier alpha value is -1.92. The van der Waals surface area contributed by atoms with Crippen LogP contribution in [0.1, 0.15) is 53.6 Å². The molecule has 1 N–H and O–H groups in total. The number of hydrogen-bond acceptors (Lipinski definition) is 4. The number of benzene rings is 1. The van der Waals surface area contributed by atoms with Gasteiger partial charge in [0, 0.05) is 50.2 Å². The quantitative estimate of drug-likeness (QED) is 0.746. The molecule has 0 radical (unpaired) electrons. The van der Waals surface area contributed by atoms with Gasteiger partial charge in [0.15, 0.2) is 0 Å². The van der Waals surface area contributed by atoms with Crippen LogP contribution in [0.3, 0.4) is 0 Å². The second-order valence-corrected chi connectivity index (χ2v) is 9.20. The first-order valence-corrected chi connectivity index (χ1v) is 11.5. The Morgan fingerprint density at radius 3 is 2.37 bits per heavy atom. The zero-order valence-electron chi connectivity index (χ0n) is 18.4. The molecule has 1 aromatic rings. The molecule has 2 atom stereocenters. The average molecular weight is 414 g/mol. The van der Waals surface area contributed by atoms with Crippen molar-refractivity contribution in [3.8, 4) is 0 Å². The molecule has 30 heavy (non-hydrogen) atoms. The summed E-state index contributed by atoms with van der Waals surface area (Å²) in [5.41, 5.74) is 2.83. The third-order valence-electron chi connectivity index (χ3n) is 6.92. The van der Waals surface area contributed by atoms with Gasteiger partial charge in [-0.15, -0.1) is 0 Å². The van der Waals surface area contributed by atoms with Crippen molar-refractivity contribution < 1.29 is 14.3 Å². The minimum absolute atomic E-state index is 0.0183. The fourth-order valence-corrected chi connectivity index (χ4v) is 4.96. The molecule has 2 saturated heterocycles. The number of carbonyl (C=O) groups excluding carboxylic acids is 2. The van der Waals surface area contributed by atoms with Crippen LogP contribution < -0.4 is 5.32 Å². The van der Waals surface area contributed by atoms with Crippen LogP contribution in [0.4, 0.5) is 0 Å². The van der Waals surface area contributed by atoms with E-state index in [0.717, 1.165) is 42.0 Å². The van der Waals surface area contributed by atoms with Crippen LogP contribution in [0.5, 0.6) is 0 Å². The van der Waals surface area contributed by atoms with Crippen molar-refractivity contribution in [3.05, 3.63) is 34.9 Å². The van der Waals surface area contributed by atoms with E-state index in [0.29, 0.717) is 51.4 Å². The highest BCUT2D eigenvalue weighted by Crippen LogP contribution is 2.35. The summed E-state index contributed by atoms with van der Waals surface area (Å²) >= 11 is 0. The lowest BCUT2D eigenvalue weighted by Crippen LogP contribution is -2.47. The standard InChI is InChI=1S/C24H35N3O3/c1-17-4-3-5-18(2)23(17)24(29)25-15-21-9-8-20(27(21)16-19-6-7-19)14-22(28)26-10-12-30-13-11-26/h3-5,19-21H,6-16H2,1-2H3,(H,25,29)/t20-,21+/m1/s1. The molecule has 3 aliphatic rings. The number of ether oxygens (including phenoxy) is 1. The summed E-state index contributed by atoms with van der Waals surface area (Å²) in [4.78, 5) is 30.1. The van der Waals surface area contributed by atoms with Crippen molar-refractivity contribution >= 4 is 11.8 Å². The molecule has 1 saturated carbocycles. The summed E-state index contributed by atoms with van der Waals surface area (Å²) in [6.45, 7) is 8.41. The van der Waals surface area contributed by atoms with E-state index in [1.165, 1.54) is 12.8 Å². The predicted molar refractivity (Wildman–Crippen MR) is 117 cm³/mol. The highest BCUT2D eigenvalue weighted by molar-refractivity contribution is 5.97. The van der Waals surface area contributed by atoms with Crippen molar-refractivity contribution in [2.75, 3.05) is 39.4 Å². The van der Waals surface area contributed by atoms with Gasteiger partial charge in [-0.2, -0.15) is 0 Å². The number of likely N-dealkylation sites (tertiary alicyclic amines) is 1. The number of rotatable bonds is 7. The summed E-state index contributed by atoms with van der Waals surface area (Å²) in [7, 11) is 0. The zero-order valence-corrected chi connectivity index (χ0v) is 18.4. The monoisotopic (exact) mass is 413 g/mol. The Morgan fingerprint density at radius 1 is 1.03 bits per heavy atom. The van der Waals surface area contributed by atoms with Gasteiger partial charge in [0.1, 0.15) is 0 Å². The van der Waals surface area contributed by atoms with Gasteiger partial charge in [0.25, 0.3) is 5.91 Å². The van der Waals surface area contributed by atoms with Crippen molar-refractivity contribution in [1.29, 1.82) is 0 Å². The van der Waals surface area contributed by atoms with Crippen LogP contribution in [-0.2, 0) is 9.53 Å². The lowest BCUT2D eigenvalue weighted by molar-refractivity contribution is -0.136. The van der Waals surface area contributed by atoms with Crippen molar-refractivity contribution in [2.24, 2.45) is 5.92 Å². The summed E-state index contributed by atoms with van der Waals surface area (Å²) in [6, 6.07) is 6.59. The summed E-state index contributed by atoms with van der Waals surface area (Å²) in [5, 5.41) is 3.19. The van der Waals surface area contributed by atoms with Crippen LogP contribution in [0, 0.1) is 19.8 Å². The first-order chi connectivity index (χ1) is 14.5. The smallest absolute Gasteiger partial charge is 0.251 e. The molecule has 3 fully saturated rings. The second kappa shape index (κ2) is 9.48. The van der Waals surface area contributed by atoms with Gasteiger partial charge in [-0.05, 0) is 56.6 Å². The van der Waals surface area contributed by atoms with E-state index in [2.05, 4.69) is 10.2 Å². The Bertz CT molecular complexity index is 751. The van der Waals surface area contributed by atoms with E-state index >= 15 is 0 Å². The maximum atomic E-state index is 12.8. The Kier molecular flexibility index (Phi) is 6.74. The third kappa shape index (κ3) is 5.03. The lowest BCUT2D eigenvalue weighted by Gasteiger charge is -2.33. The summed E-state index contributed by atoms with van der Waals surface area (Å²) < 4.78 is 5.38. The maximum absolute atomic E-state index is 12.8. The lowest BCUT2D eigenvalue weighted by atomic mass is 10.0. The van der Waals surface area contributed by atoms with E-state index in [4.69, 9.17) is 4.74 Å². The van der Waals surface area contributed by atoms with Crippen LogP contribution >= 0.6 is 0 Å². The van der Waals surface area contributed by atoms with Crippen molar-refractivity contribution in [2.45, 2.75) is 58.0 Å². The number of aryl methyl sites for hydroxylation is 2. The van der Waals surface area contributed by atoms with Crippen LogP contribution in [0.25, 0.3) is 0 Å². The molecule has 6 heteroatoms. The number of hydrogen-bond donors (Lipinski definition) is 1. The SMILES string of the molecule is Cc1cccc(C)c1C(=O)NC[C@@H]1CC[C@H](CC(=O)N2CCOCC2)N1CC1CC1. The molecule has 0 bridgehead atoms. The maximum Gasteiger partial charge on any atom is 0.251 e. The van der Waals surface area contributed by atoms with Crippen LogP contribution in [-0.4, -0.2) is 73.1 Å². The minimum atomic E-state index is 0.0183. The van der Waals surface area contributed by atoms with Gasteiger partial charge < -0.3 is 15.0 Å². The second-order valence-electron chi connectivity index (χ2n) is 9.20. The third-order valence-corrected chi connectivity index (χ3v) is 6.92. The van der Waals surface area contributed by atoms with Crippen LogP contribution in [0.15, 0.2) is 18.2 Å². The Balaban J connectivity index is 1.36. The Morgan fingerprint density at radius 2 is 1.70 bits per heavy atom. The van der Waals surface area contributed by atoms with Gasteiger partial charge in [0.05, 0.1) is 13.2 Å². The number of nitrogens with one attached hydrogen (secondary N) is 1. The van der Waals surface area contributed by atoms with Crippen molar-refractivity contribution in [1.82, 2.24) is 15.1 Å². The van der Waals surface area contributed by atoms with E-state index in [1.807, 2.05) is 36.9 Å². The molecule has 2 amide bonds. The Labute approximate surface area is 179 Å². The van der Waals surface area contributed by atoms with E-state index in [-0.39, 0.29) is 11.8 Å². The van der Waals surface area contributed by atoms with Crippen molar-refractivity contribution in [3.63, 3.8) is 0 Å². The number of morpholine rings is 1. The highest BCUT2D eigenvalue weighted by atomic mass is 16.5. The molecule has 0 spiro atoms. The minimum Gasteiger partial charge on any atom is -0.378 e.